The molecule has 1 aromatic rings. The second-order valence-electron chi connectivity index (χ2n) is 3.78. The predicted molar refractivity (Wildman–Crippen MR) is 59.5 cm³/mol. The standard InChI is InChI=1S/C11H15N3O/c12-7-8-2-1-3-10(6-8)14-11(15)13-9-4-5-9/h1-3,6,9H,4-5,7,12H2,(H2,13,14,15). The molecule has 15 heavy (non-hydrogen) atoms. The number of hydrogen-bond acceptors (Lipinski definition) is 2. The normalized spacial score (nSPS) is 14.7. The van der Waals surface area contributed by atoms with Crippen molar-refractivity contribution >= 4 is 11.7 Å². The van der Waals surface area contributed by atoms with Gasteiger partial charge < -0.3 is 16.4 Å². The van der Waals surface area contributed by atoms with Gasteiger partial charge in [-0.05, 0) is 30.5 Å². The Morgan fingerprint density at radius 3 is 2.93 bits per heavy atom. The first-order valence-corrected chi connectivity index (χ1v) is 5.14. The van der Waals surface area contributed by atoms with Crippen molar-refractivity contribution in [3.05, 3.63) is 29.8 Å². The van der Waals surface area contributed by atoms with Crippen molar-refractivity contribution in [2.24, 2.45) is 5.73 Å². The average Bonchev–Trinajstić information content (AvgIpc) is 3.02. The number of carbonyl (C=O) groups excluding carboxylic acids is 1. The van der Waals surface area contributed by atoms with Gasteiger partial charge in [0.25, 0.3) is 0 Å². The lowest BCUT2D eigenvalue weighted by molar-refractivity contribution is 0.251. The number of hydrogen-bond donors (Lipinski definition) is 3. The van der Waals surface area contributed by atoms with Gasteiger partial charge in [0.2, 0.25) is 0 Å². The lowest BCUT2D eigenvalue weighted by Crippen LogP contribution is -2.30. The number of carbonyl (C=O) groups is 1. The van der Waals surface area contributed by atoms with Gasteiger partial charge in [-0.15, -0.1) is 0 Å². The summed E-state index contributed by atoms with van der Waals surface area (Å²) in [5.74, 6) is 0. The second kappa shape index (κ2) is 4.31. The molecule has 0 aromatic heterocycles. The summed E-state index contributed by atoms with van der Waals surface area (Å²) in [6.07, 6.45) is 2.19. The molecule has 1 aliphatic rings. The van der Waals surface area contributed by atoms with Gasteiger partial charge in [0.05, 0.1) is 0 Å². The minimum absolute atomic E-state index is 0.133. The first kappa shape index (κ1) is 9.98. The predicted octanol–water partition coefficient (Wildman–Crippen LogP) is 1.43. The SMILES string of the molecule is NCc1cccc(NC(=O)NC2CC2)c1. The van der Waals surface area contributed by atoms with Crippen LogP contribution in [0.4, 0.5) is 10.5 Å². The molecular weight excluding hydrogens is 190 g/mol. The van der Waals surface area contributed by atoms with Crippen molar-refractivity contribution in [3.63, 3.8) is 0 Å². The third kappa shape index (κ3) is 2.95. The van der Waals surface area contributed by atoms with Crippen molar-refractivity contribution < 1.29 is 4.79 Å². The van der Waals surface area contributed by atoms with Crippen molar-refractivity contribution in [1.29, 1.82) is 0 Å². The van der Waals surface area contributed by atoms with E-state index < -0.39 is 0 Å². The van der Waals surface area contributed by atoms with Crippen LogP contribution in [0, 0.1) is 0 Å². The van der Waals surface area contributed by atoms with E-state index in [9.17, 15) is 4.79 Å². The van der Waals surface area contributed by atoms with E-state index in [0.29, 0.717) is 12.6 Å². The highest BCUT2D eigenvalue weighted by Crippen LogP contribution is 2.19. The molecule has 1 aromatic carbocycles. The molecule has 4 nitrogen and oxygen atoms in total. The van der Waals surface area contributed by atoms with Gasteiger partial charge in [-0.3, -0.25) is 0 Å². The maximum atomic E-state index is 11.4. The van der Waals surface area contributed by atoms with Gasteiger partial charge in [0.15, 0.2) is 0 Å². The molecule has 1 aliphatic carbocycles. The number of nitrogens with one attached hydrogen (secondary N) is 2. The summed E-state index contributed by atoms with van der Waals surface area (Å²) in [6, 6.07) is 7.80. The molecule has 2 amide bonds. The molecule has 4 heteroatoms. The molecule has 4 N–H and O–H groups in total. The van der Waals surface area contributed by atoms with Gasteiger partial charge >= 0.3 is 6.03 Å². The van der Waals surface area contributed by atoms with Crippen LogP contribution in [0.2, 0.25) is 0 Å². The highest BCUT2D eigenvalue weighted by molar-refractivity contribution is 5.89. The molecule has 0 atom stereocenters. The number of rotatable bonds is 3. The first-order valence-electron chi connectivity index (χ1n) is 5.14. The molecule has 2 rings (SSSR count). The van der Waals surface area contributed by atoms with E-state index in [1.165, 1.54) is 0 Å². The van der Waals surface area contributed by atoms with Crippen LogP contribution in [0.1, 0.15) is 18.4 Å². The van der Waals surface area contributed by atoms with Crippen LogP contribution in [0.3, 0.4) is 0 Å². The summed E-state index contributed by atoms with van der Waals surface area (Å²) in [5.41, 5.74) is 7.31. The molecule has 0 heterocycles. The molecule has 1 fully saturated rings. The summed E-state index contributed by atoms with van der Waals surface area (Å²) >= 11 is 0. The zero-order valence-corrected chi connectivity index (χ0v) is 8.49. The minimum Gasteiger partial charge on any atom is -0.335 e. The Hall–Kier alpha value is -1.55. The van der Waals surface area contributed by atoms with Crippen molar-refractivity contribution in [3.8, 4) is 0 Å². The highest BCUT2D eigenvalue weighted by Gasteiger charge is 2.23. The average molecular weight is 205 g/mol. The third-order valence-electron chi connectivity index (χ3n) is 2.33. The van der Waals surface area contributed by atoms with Crippen LogP contribution in [0.25, 0.3) is 0 Å². The van der Waals surface area contributed by atoms with Gasteiger partial charge in [-0.1, -0.05) is 12.1 Å². The van der Waals surface area contributed by atoms with E-state index in [0.717, 1.165) is 24.1 Å². The largest absolute Gasteiger partial charge is 0.335 e. The lowest BCUT2D eigenvalue weighted by atomic mass is 10.2. The number of amides is 2. The molecule has 0 radical (unpaired) electrons. The van der Waals surface area contributed by atoms with Crippen LogP contribution in [0.15, 0.2) is 24.3 Å². The van der Waals surface area contributed by atoms with Crippen molar-refractivity contribution in [2.75, 3.05) is 5.32 Å². The van der Waals surface area contributed by atoms with Gasteiger partial charge in [0.1, 0.15) is 0 Å². The maximum Gasteiger partial charge on any atom is 0.319 e. The van der Waals surface area contributed by atoms with Crippen LogP contribution in [-0.2, 0) is 6.54 Å². The summed E-state index contributed by atoms with van der Waals surface area (Å²) in [4.78, 5) is 11.4. The zero-order valence-electron chi connectivity index (χ0n) is 8.49. The first-order chi connectivity index (χ1) is 7.28. The number of nitrogens with two attached hydrogens (primary N) is 1. The fourth-order valence-corrected chi connectivity index (χ4v) is 1.36. The Morgan fingerprint density at radius 2 is 2.27 bits per heavy atom. The topological polar surface area (TPSA) is 67.1 Å². The van der Waals surface area contributed by atoms with Crippen molar-refractivity contribution in [2.45, 2.75) is 25.4 Å². The fraction of sp³-hybridized carbons (Fsp3) is 0.364. The Bertz CT molecular complexity index is 361. The summed E-state index contributed by atoms with van der Waals surface area (Å²) in [6.45, 7) is 0.486. The molecule has 0 saturated heterocycles. The van der Waals surface area contributed by atoms with Crippen LogP contribution < -0.4 is 16.4 Å². The van der Waals surface area contributed by atoms with Gasteiger partial charge in [-0.25, -0.2) is 4.79 Å². The van der Waals surface area contributed by atoms with E-state index in [1.807, 2.05) is 24.3 Å². The fourth-order valence-electron chi connectivity index (χ4n) is 1.36. The van der Waals surface area contributed by atoms with E-state index in [1.54, 1.807) is 0 Å². The Kier molecular flexibility index (Phi) is 2.87. The highest BCUT2D eigenvalue weighted by atomic mass is 16.2. The molecule has 0 spiro atoms. The lowest BCUT2D eigenvalue weighted by Gasteiger charge is -2.07. The smallest absolute Gasteiger partial charge is 0.319 e. The van der Waals surface area contributed by atoms with Crippen LogP contribution in [-0.4, -0.2) is 12.1 Å². The molecular formula is C11H15N3O. The van der Waals surface area contributed by atoms with Gasteiger partial charge in [0, 0.05) is 18.3 Å². The molecule has 1 saturated carbocycles. The quantitative estimate of drug-likeness (QED) is 0.698. The summed E-state index contributed by atoms with van der Waals surface area (Å²) in [7, 11) is 0. The zero-order chi connectivity index (χ0) is 10.7. The number of urea groups is 1. The molecule has 0 unspecified atom stereocenters. The van der Waals surface area contributed by atoms with Crippen LogP contribution >= 0.6 is 0 Å². The second-order valence-corrected chi connectivity index (χ2v) is 3.78. The van der Waals surface area contributed by atoms with E-state index in [-0.39, 0.29) is 6.03 Å². The third-order valence-corrected chi connectivity index (χ3v) is 2.33. The Balaban J connectivity index is 1.93. The van der Waals surface area contributed by atoms with Gasteiger partial charge in [-0.2, -0.15) is 0 Å². The summed E-state index contributed by atoms with van der Waals surface area (Å²) < 4.78 is 0. The maximum absolute atomic E-state index is 11.4. The van der Waals surface area contributed by atoms with E-state index in [2.05, 4.69) is 10.6 Å². The van der Waals surface area contributed by atoms with E-state index in [4.69, 9.17) is 5.73 Å². The number of benzene rings is 1. The minimum atomic E-state index is -0.133. The Labute approximate surface area is 88.9 Å². The molecule has 0 aliphatic heterocycles. The molecule has 80 valence electrons. The Morgan fingerprint density at radius 1 is 1.47 bits per heavy atom. The van der Waals surface area contributed by atoms with Crippen LogP contribution in [0.5, 0.6) is 0 Å². The molecule has 0 bridgehead atoms. The van der Waals surface area contributed by atoms with E-state index >= 15 is 0 Å². The number of anilines is 1. The monoisotopic (exact) mass is 205 g/mol. The van der Waals surface area contributed by atoms with Crippen molar-refractivity contribution in [1.82, 2.24) is 5.32 Å². The summed E-state index contributed by atoms with van der Waals surface area (Å²) in [5, 5.41) is 5.64.